The molecule has 5 heteroatoms. The quantitative estimate of drug-likeness (QED) is 0.765. The molecule has 0 saturated carbocycles. The van der Waals surface area contributed by atoms with E-state index in [2.05, 4.69) is 40.3 Å². The lowest BCUT2D eigenvalue weighted by Gasteiger charge is -2.24. The summed E-state index contributed by atoms with van der Waals surface area (Å²) in [5.41, 5.74) is 2.03. The van der Waals surface area contributed by atoms with Crippen LogP contribution in [0.25, 0.3) is 11.0 Å². The predicted molar refractivity (Wildman–Crippen MR) is 84.2 cm³/mol. The molecule has 0 spiro atoms. The summed E-state index contributed by atoms with van der Waals surface area (Å²) in [6.45, 7) is 8.31. The number of likely N-dealkylation sites (N-methyl/N-ethyl adjacent to an activating group) is 1. The Hall–Kier alpha value is -1.13. The normalized spacial score (nSPS) is 14.9. The molecule has 0 aliphatic rings. The standard InChI is InChI=1S/C15H23ClN4/c1-5-11(2)19(4)8-9-20-14-6-7-17-10-13(14)18-15(20)12(3)16/h6-7,10-12H,5,8-9H2,1-4H3. The van der Waals surface area contributed by atoms with Gasteiger partial charge in [0.1, 0.15) is 11.3 Å². The second kappa shape index (κ2) is 6.55. The molecule has 0 bridgehead atoms. The van der Waals surface area contributed by atoms with Gasteiger partial charge in [-0.05, 0) is 33.4 Å². The van der Waals surface area contributed by atoms with Crippen molar-refractivity contribution in [1.29, 1.82) is 0 Å². The smallest absolute Gasteiger partial charge is 0.127 e. The van der Waals surface area contributed by atoms with Crippen molar-refractivity contribution in [2.24, 2.45) is 0 Å². The number of alkyl halides is 1. The van der Waals surface area contributed by atoms with Gasteiger partial charge in [-0.15, -0.1) is 11.6 Å². The van der Waals surface area contributed by atoms with E-state index in [9.17, 15) is 0 Å². The molecule has 0 fully saturated rings. The molecule has 20 heavy (non-hydrogen) atoms. The minimum atomic E-state index is -0.101. The maximum absolute atomic E-state index is 6.27. The first kappa shape index (κ1) is 15.3. The van der Waals surface area contributed by atoms with Gasteiger partial charge in [-0.3, -0.25) is 4.98 Å². The number of halogens is 1. The molecule has 4 nitrogen and oxygen atoms in total. The van der Waals surface area contributed by atoms with Crippen LogP contribution in [0.15, 0.2) is 18.5 Å². The summed E-state index contributed by atoms with van der Waals surface area (Å²) in [6, 6.07) is 2.59. The number of hydrogen-bond donors (Lipinski definition) is 0. The molecule has 110 valence electrons. The van der Waals surface area contributed by atoms with Crippen molar-refractivity contribution in [3.63, 3.8) is 0 Å². The zero-order valence-corrected chi connectivity index (χ0v) is 13.4. The minimum absolute atomic E-state index is 0.101. The Morgan fingerprint density at radius 1 is 1.40 bits per heavy atom. The Labute approximate surface area is 125 Å². The lowest BCUT2D eigenvalue weighted by molar-refractivity contribution is 0.242. The van der Waals surface area contributed by atoms with Crippen LogP contribution in [0.1, 0.15) is 38.4 Å². The summed E-state index contributed by atoms with van der Waals surface area (Å²) in [7, 11) is 2.17. The van der Waals surface area contributed by atoms with Crippen LogP contribution in [-0.2, 0) is 6.54 Å². The number of hydrogen-bond acceptors (Lipinski definition) is 3. The summed E-state index contributed by atoms with van der Waals surface area (Å²) in [4.78, 5) is 11.1. The molecular formula is C15H23ClN4. The van der Waals surface area contributed by atoms with Crippen molar-refractivity contribution >= 4 is 22.6 Å². The Morgan fingerprint density at radius 3 is 2.80 bits per heavy atom. The van der Waals surface area contributed by atoms with Gasteiger partial charge in [0, 0.05) is 25.3 Å². The van der Waals surface area contributed by atoms with Gasteiger partial charge in [-0.1, -0.05) is 6.92 Å². The lowest BCUT2D eigenvalue weighted by Crippen LogP contribution is -2.31. The van der Waals surface area contributed by atoms with Crippen LogP contribution in [0.2, 0.25) is 0 Å². The minimum Gasteiger partial charge on any atom is -0.325 e. The van der Waals surface area contributed by atoms with Crippen LogP contribution in [0, 0.1) is 0 Å². The zero-order chi connectivity index (χ0) is 14.7. The first-order valence-corrected chi connectivity index (χ1v) is 7.62. The SMILES string of the molecule is CCC(C)N(C)CCn1c(C(C)Cl)nc2cnccc21. The number of imidazole rings is 1. The van der Waals surface area contributed by atoms with E-state index in [-0.39, 0.29) is 5.38 Å². The topological polar surface area (TPSA) is 34.0 Å². The van der Waals surface area contributed by atoms with E-state index in [1.807, 2.05) is 19.2 Å². The molecule has 0 aliphatic heterocycles. The molecule has 0 saturated heterocycles. The van der Waals surface area contributed by atoms with E-state index >= 15 is 0 Å². The van der Waals surface area contributed by atoms with E-state index < -0.39 is 0 Å². The fourth-order valence-corrected chi connectivity index (χ4v) is 2.50. The van der Waals surface area contributed by atoms with Crippen LogP contribution < -0.4 is 0 Å². The first-order chi connectivity index (χ1) is 9.54. The van der Waals surface area contributed by atoms with E-state index in [4.69, 9.17) is 11.6 Å². The highest BCUT2D eigenvalue weighted by molar-refractivity contribution is 6.20. The first-order valence-electron chi connectivity index (χ1n) is 7.19. The van der Waals surface area contributed by atoms with Crippen LogP contribution in [0.5, 0.6) is 0 Å². The summed E-state index contributed by atoms with van der Waals surface area (Å²) >= 11 is 6.27. The average molecular weight is 295 g/mol. The second-order valence-electron chi connectivity index (χ2n) is 5.34. The lowest BCUT2D eigenvalue weighted by atomic mass is 10.2. The van der Waals surface area contributed by atoms with Crippen molar-refractivity contribution in [3.8, 4) is 0 Å². The Balaban J connectivity index is 2.25. The van der Waals surface area contributed by atoms with Crippen molar-refractivity contribution in [1.82, 2.24) is 19.4 Å². The highest BCUT2D eigenvalue weighted by Crippen LogP contribution is 2.24. The maximum Gasteiger partial charge on any atom is 0.127 e. The monoisotopic (exact) mass is 294 g/mol. The van der Waals surface area contributed by atoms with Gasteiger partial charge in [0.2, 0.25) is 0 Å². The highest BCUT2D eigenvalue weighted by atomic mass is 35.5. The molecule has 2 heterocycles. The highest BCUT2D eigenvalue weighted by Gasteiger charge is 2.16. The van der Waals surface area contributed by atoms with Crippen molar-refractivity contribution in [3.05, 3.63) is 24.3 Å². The third-order valence-corrected chi connectivity index (χ3v) is 4.15. The van der Waals surface area contributed by atoms with Crippen molar-refractivity contribution in [2.45, 2.75) is 45.2 Å². The maximum atomic E-state index is 6.27. The molecular weight excluding hydrogens is 272 g/mol. The summed E-state index contributed by atoms with van der Waals surface area (Å²) in [5, 5.41) is -0.101. The number of pyridine rings is 1. The summed E-state index contributed by atoms with van der Waals surface area (Å²) in [5.74, 6) is 0.923. The molecule has 0 amide bonds. The zero-order valence-electron chi connectivity index (χ0n) is 12.7. The Morgan fingerprint density at radius 2 is 2.15 bits per heavy atom. The molecule has 0 N–H and O–H groups in total. The second-order valence-corrected chi connectivity index (χ2v) is 5.99. The van der Waals surface area contributed by atoms with Gasteiger partial charge in [0.05, 0.1) is 17.1 Å². The van der Waals surface area contributed by atoms with Gasteiger partial charge in [0.15, 0.2) is 0 Å². The Kier molecular flexibility index (Phi) is 5.00. The third kappa shape index (κ3) is 3.13. The van der Waals surface area contributed by atoms with E-state index in [1.165, 1.54) is 0 Å². The third-order valence-electron chi connectivity index (χ3n) is 3.96. The van der Waals surface area contributed by atoms with Gasteiger partial charge in [0.25, 0.3) is 0 Å². The fraction of sp³-hybridized carbons (Fsp3) is 0.600. The van der Waals surface area contributed by atoms with Crippen LogP contribution >= 0.6 is 11.6 Å². The van der Waals surface area contributed by atoms with Gasteiger partial charge in [-0.2, -0.15) is 0 Å². The predicted octanol–water partition coefficient (Wildman–Crippen LogP) is 3.46. The molecule has 0 aromatic carbocycles. The molecule has 2 unspecified atom stereocenters. The van der Waals surface area contributed by atoms with Crippen LogP contribution in [0.4, 0.5) is 0 Å². The van der Waals surface area contributed by atoms with Gasteiger partial charge in [-0.25, -0.2) is 4.98 Å². The molecule has 2 aromatic heterocycles. The van der Waals surface area contributed by atoms with Crippen molar-refractivity contribution < 1.29 is 0 Å². The van der Waals surface area contributed by atoms with Gasteiger partial charge < -0.3 is 9.47 Å². The van der Waals surface area contributed by atoms with Crippen LogP contribution in [-0.4, -0.2) is 39.1 Å². The number of nitrogens with zero attached hydrogens (tertiary/aromatic N) is 4. The molecule has 2 rings (SSSR count). The molecule has 2 atom stereocenters. The fourth-order valence-electron chi connectivity index (χ4n) is 2.33. The summed E-state index contributed by atoms with van der Waals surface area (Å²) < 4.78 is 2.22. The van der Waals surface area contributed by atoms with Crippen LogP contribution in [0.3, 0.4) is 0 Å². The van der Waals surface area contributed by atoms with Gasteiger partial charge >= 0.3 is 0 Å². The number of fused-ring (bicyclic) bond motifs is 1. The van der Waals surface area contributed by atoms with E-state index in [0.29, 0.717) is 6.04 Å². The van der Waals surface area contributed by atoms with E-state index in [1.54, 1.807) is 6.20 Å². The largest absolute Gasteiger partial charge is 0.325 e. The molecule has 2 aromatic rings. The van der Waals surface area contributed by atoms with E-state index in [0.717, 1.165) is 36.4 Å². The van der Waals surface area contributed by atoms with Crippen molar-refractivity contribution in [2.75, 3.05) is 13.6 Å². The Bertz CT molecular complexity index is 564. The molecule has 0 radical (unpaired) electrons. The summed E-state index contributed by atoms with van der Waals surface area (Å²) in [6.07, 6.45) is 4.76. The number of aromatic nitrogens is 3. The average Bonchev–Trinajstić information content (AvgIpc) is 2.82. The number of rotatable bonds is 6. The molecule has 0 aliphatic carbocycles.